The summed E-state index contributed by atoms with van der Waals surface area (Å²) in [4.78, 5) is 0. The molecule has 0 aliphatic rings. The molecule has 2 atom stereocenters. The van der Waals surface area contributed by atoms with Crippen LogP contribution < -0.4 is 10.1 Å². The molecule has 0 amide bonds. The van der Waals surface area contributed by atoms with Gasteiger partial charge in [-0.15, -0.1) is 0 Å². The van der Waals surface area contributed by atoms with E-state index >= 15 is 0 Å². The first-order chi connectivity index (χ1) is 10.5. The molecule has 2 unspecified atom stereocenters. The number of ether oxygens (including phenoxy) is 1. The summed E-state index contributed by atoms with van der Waals surface area (Å²) in [7, 11) is 1.57. The van der Waals surface area contributed by atoms with Gasteiger partial charge in [0.1, 0.15) is 11.6 Å². The summed E-state index contributed by atoms with van der Waals surface area (Å²) in [5.41, 5.74) is 1.66. The van der Waals surface area contributed by atoms with E-state index in [4.69, 9.17) is 16.3 Å². The third-order valence-electron chi connectivity index (χ3n) is 3.53. The lowest BCUT2D eigenvalue weighted by atomic mass is 10.0. The second-order valence-corrected chi connectivity index (χ2v) is 5.54. The number of hydrogen-bond acceptors (Lipinski definition) is 3. The van der Waals surface area contributed by atoms with Gasteiger partial charge in [-0.3, -0.25) is 0 Å². The van der Waals surface area contributed by atoms with Crippen molar-refractivity contribution < 1.29 is 14.2 Å². The molecule has 0 saturated heterocycles. The van der Waals surface area contributed by atoms with E-state index in [1.54, 1.807) is 25.3 Å². The first kappa shape index (κ1) is 16.7. The third kappa shape index (κ3) is 4.19. The van der Waals surface area contributed by atoms with Crippen LogP contribution in [0.15, 0.2) is 42.5 Å². The zero-order valence-corrected chi connectivity index (χ0v) is 13.3. The molecule has 5 heteroatoms. The van der Waals surface area contributed by atoms with Gasteiger partial charge >= 0.3 is 0 Å². The molecule has 0 aromatic heterocycles. The van der Waals surface area contributed by atoms with Crippen molar-refractivity contribution in [2.45, 2.75) is 25.6 Å². The van der Waals surface area contributed by atoms with Crippen molar-refractivity contribution in [3.8, 4) is 5.75 Å². The van der Waals surface area contributed by atoms with Crippen LogP contribution in [0.25, 0.3) is 0 Å². The van der Waals surface area contributed by atoms with Gasteiger partial charge in [0.25, 0.3) is 0 Å². The van der Waals surface area contributed by atoms with Crippen molar-refractivity contribution in [1.29, 1.82) is 0 Å². The Morgan fingerprint density at radius 1 is 1.23 bits per heavy atom. The summed E-state index contributed by atoms with van der Waals surface area (Å²) in [5, 5.41) is 14.0. The molecule has 2 N–H and O–H groups in total. The molecule has 0 fully saturated rings. The number of halogens is 2. The van der Waals surface area contributed by atoms with E-state index in [0.29, 0.717) is 22.9 Å². The molecule has 0 spiro atoms. The standard InChI is InChI=1S/C17H19ClFNO2/c1-11(17(21)13-4-6-14(19)7-5-13)20-10-12-3-8-16(22-2)15(18)9-12/h3-9,11,17,20-21H,10H2,1-2H3. The first-order valence-corrected chi connectivity index (χ1v) is 7.38. The van der Waals surface area contributed by atoms with E-state index in [1.807, 2.05) is 19.1 Å². The highest BCUT2D eigenvalue weighted by molar-refractivity contribution is 6.32. The minimum atomic E-state index is -0.714. The predicted octanol–water partition coefficient (Wildman–Crippen LogP) is 3.70. The lowest BCUT2D eigenvalue weighted by Crippen LogP contribution is -2.31. The smallest absolute Gasteiger partial charge is 0.137 e. The topological polar surface area (TPSA) is 41.5 Å². The van der Waals surface area contributed by atoms with Crippen LogP contribution in [0.3, 0.4) is 0 Å². The Kier molecular flexibility index (Phi) is 5.77. The predicted molar refractivity (Wildman–Crippen MR) is 85.7 cm³/mol. The van der Waals surface area contributed by atoms with Gasteiger partial charge < -0.3 is 15.2 Å². The highest BCUT2D eigenvalue weighted by atomic mass is 35.5. The Bertz CT molecular complexity index is 619. The molecule has 2 aromatic rings. The van der Waals surface area contributed by atoms with E-state index in [9.17, 15) is 9.50 Å². The third-order valence-corrected chi connectivity index (χ3v) is 3.82. The molecule has 2 aromatic carbocycles. The van der Waals surface area contributed by atoms with Crippen molar-refractivity contribution in [2.75, 3.05) is 7.11 Å². The summed E-state index contributed by atoms with van der Waals surface area (Å²) in [6.45, 7) is 2.43. The van der Waals surface area contributed by atoms with Gasteiger partial charge in [-0.2, -0.15) is 0 Å². The number of methoxy groups -OCH3 is 1. The summed E-state index contributed by atoms with van der Waals surface area (Å²) in [6.07, 6.45) is -0.714. The number of aliphatic hydroxyl groups is 1. The molecule has 118 valence electrons. The summed E-state index contributed by atoms with van der Waals surface area (Å²) >= 11 is 6.08. The second-order valence-electron chi connectivity index (χ2n) is 5.13. The molecule has 0 bridgehead atoms. The molecular weight excluding hydrogens is 305 g/mol. The van der Waals surface area contributed by atoms with Crippen LogP contribution in [0.5, 0.6) is 5.75 Å². The van der Waals surface area contributed by atoms with E-state index in [2.05, 4.69) is 5.32 Å². The number of rotatable bonds is 6. The van der Waals surface area contributed by atoms with Gasteiger partial charge in [-0.25, -0.2) is 4.39 Å². The molecule has 0 heterocycles. The van der Waals surface area contributed by atoms with Gasteiger partial charge in [-0.1, -0.05) is 29.8 Å². The monoisotopic (exact) mass is 323 g/mol. The van der Waals surface area contributed by atoms with Gasteiger partial charge in [0.2, 0.25) is 0 Å². The minimum absolute atomic E-state index is 0.189. The summed E-state index contributed by atoms with van der Waals surface area (Å²) in [5.74, 6) is 0.314. The van der Waals surface area contributed by atoms with E-state index in [-0.39, 0.29) is 11.9 Å². The van der Waals surface area contributed by atoms with Crippen LogP contribution in [0.1, 0.15) is 24.2 Å². The Balaban J connectivity index is 1.95. The molecular formula is C17H19ClFNO2. The van der Waals surface area contributed by atoms with Crippen molar-refractivity contribution in [3.63, 3.8) is 0 Å². The number of benzene rings is 2. The molecule has 3 nitrogen and oxygen atoms in total. The summed E-state index contributed by atoms with van der Waals surface area (Å²) in [6, 6.07) is 11.2. The van der Waals surface area contributed by atoms with Crippen molar-refractivity contribution in [1.82, 2.24) is 5.32 Å². The fraction of sp³-hybridized carbons (Fsp3) is 0.294. The maximum Gasteiger partial charge on any atom is 0.137 e. The second kappa shape index (κ2) is 7.58. The van der Waals surface area contributed by atoms with E-state index in [0.717, 1.165) is 5.56 Å². The minimum Gasteiger partial charge on any atom is -0.495 e. The van der Waals surface area contributed by atoms with Crippen molar-refractivity contribution in [2.24, 2.45) is 0 Å². The molecule has 2 rings (SSSR count). The van der Waals surface area contributed by atoms with Gasteiger partial charge in [0.05, 0.1) is 18.2 Å². The lowest BCUT2D eigenvalue weighted by molar-refractivity contribution is 0.135. The van der Waals surface area contributed by atoms with E-state index < -0.39 is 6.10 Å². The van der Waals surface area contributed by atoms with Gasteiger partial charge in [0, 0.05) is 12.6 Å². The zero-order chi connectivity index (χ0) is 16.1. The molecule has 22 heavy (non-hydrogen) atoms. The molecule has 0 radical (unpaired) electrons. The number of hydrogen-bond donors (Lipinski definition) is 2. The first-order valence-electron chi connectivity index (χ1n) is 7.00. The van der Waals surface area contributed by atoms with Crippen LogP contribution in [-0.2, 0) is 6.54 Å². The quantitative estimate of drug-likeness (QED) is 0.851. The molecule has 0 saturated carbocycles. The Hall–Kier alpha value is -1.62. The lowest BCUT2D eigenvalue weighted by Gasteiger charge is -2.21. The van der Waals surface area contributed by atoms with Crippen LogP contribution >= 0.6 is 11.6 Å². The normalized spacial score (nSPS) is 13.7. The average Bonchev–Trinajstić information content (AvgIpc) is 2.52. The largest absolute Gasteiger partial charge is 0.495 e. The van der Waals surface area contributed by atoms with Crippen LogP contribution in [-0.4, -0.2) is 18.3 Å². The number of nitrogens with one attached hydrogen (secondary N) is 1. The van der Waals surface area contributed by atoms with Crippen LogP contribution in [0.2, 0.25) is 5.02 Å². The highest BCUT2D eigenvalue weighted by Crippen LogP contribution is 2.25. The maximum atomic E-state index is 12.9. The highest BCUT2D eigenvalue weighted by Gasteiger charge is 2.16. The van der Waals surface area contributed by atoms with E-state index in [1.165, 1.54) is 12.1 Å². The SMILES string of the molecule is COc1ccc(CNC(C)C(O)c2ccc(F)cc2)cc1Cl. The van der Waals surface area contributed by atoms with Crippen molar-refractivity contribution >= 4 is 11.6 Å². The number of aliphatic hydroxyl groups excluding tert-OH is 1. The molecule has 0 aliphatic heterocycles. The maximum absolute atomic E-state index is 12.9. The average molecular weight is 324 g/mol. The van der Waals surface area contributed by atoms with Crippen LogP contribution in [0, 0.1) is 5.82 Å². The Labute approximate surface area is 134 Å². The van der Waals surface area contributed by atoms with Gasteiger partial charge in [-0.05, 0) is 42.3 Å². The molecule has 0 aliphatic carbocycles. The fourth-order valence-corrected chi connectivity index (χ4v) is 2.44. The Morgan fingerprint density at radius 3 is 2.50 bits per heavy atom. The zero-order valence-electron chi connectivity index (χ0n) is 12.5. The summed E-state index contributed by atoms with van der Waals surface area (Å²) < 4.78 is 18.0. The van der Waals surface area contributed by atoms with Gasteiger partial charge in [0.15, 0.2) is 0 Å². The van der Waals surface area contributed by atoms with Crippen LogP contribution in [0.4, 0.5) is 4.39 Å². The Morgan fingerprint density at radius 2 is 1.91 bits per heavy atom. The van der Waals surface area contributed by atoms with Crippen molar-refractivity contribution in [3.05, 3.63) is 64.4 Å². The fourth-order valence-electron chi connectivity index (χ4n) is 2.16.